The fraction of sp³-hybridized carbons (Fsp3) is 0.357. The van der Waals surface area contributed by atoms with Crippen LogP contribution in [0.5, 0.6) is 0 Å². The van der Waals surface area contributed by atoms with E-state index < -0.39 is 5.41 Å². The maximum atomic E-state index is 12.2. The zero-order valence-electron chi connectivity index (χ0n) is 10.8. The second-order valence-electron chi connectivity index (χ2n) is 4.16. The van der Waals surface area contributed by atoms with Crippen LogP contribution >= 0.6 is 11.6 Å². The minimum atomic E-state index is -1.04. The molecule has 1 amide bonds. The highest BCUT2D eigenvalue weighted by atomic mass is 35.5. The van der Waals surface area contributed by atoms with E-state index in [1.54, 1.807) is 26.0 Å². The Balaban J connectivity index is 3.01. The Morgan fingerprint density at radius 2 is 2.00 bits per heavy atom. The molecule has 1 aromatic rings. The van der Waals surface area contributed by atoms with Crippen molar-refractivity contribution >= 4 is 23.2 Å². The molecule has 0 aromatic heterocycles. The zero-order chi connectivity index (χ0) is 14.5. The van der Waals surface area contributed by atoms with Crippen molar-refractivity contribution in [1.29, 1.82) is 10.5 Å². The van der Waals surface area contributed by atoms with Gasteiger partial charge in [-0.25, -0.2) is 0 Å². The molecule has 0 aliphatic carbocycles. The molecule has 0 saturated heterocycles. The molecule has 1 N–H and O–H groups in total. The first-order valence-corrected chi connectivity index (χ1v) is 6.33. The average molecular weight is 276 g/mol. The summed E-state index contributed by atoms with van der Waals surface area (Å²) in [4.78, 5) is 12.2. The predicted molar refractivity (Wildman–Crippen MR) is 73.4 cm³/mol. The molecule has 0 radical (unpaired) electrons. The quantitative estimate of drug-likeness (QED) is 0.914. The lowest BCUT2D eigenvalue weighted by molar-refractivity contribution is -0.123. The van der Waals surface area contributed by atoms with Crippen LogP contribution in [0, 0.1) is 28.1 Å². The normalized spacial score (nSPS) is 10.4. The third-order valence-electron chi connectivity index (χ3n) is 3.20. The van der Waals surface area contributed by atoms with Crippen molar-refractivity contribution in [2.45, 2.75) is 26.7 Å². The smallest absolute Gasteiger partial charge is 0.244 e. The second-order valence-corrected chi connectivity index (χ2v) is 4.57. The van der Waals surface area contributed by atoms with E-state index in [4.69, 9.17) is 16.9 Å². The van der Waals surface area contributed by atoms with Crippen LogP contribution in [0.25, 0.3) is 0 Å². The van der Waals surface area contributed by atoms with Crippen molar-refractivity contribution in [3.05, 3.63) is 28.8 Å². The van der Waals surface area contributed by atoms with Crippen LogP contribution in [-0.4, -0.2) is 5.91 Å². The van der Waals surface area contributed by atoms with Crippen molar-refractivity contribution in [2.75, 3.05) is 5.32 Å². The number of carbonyl (C=O) groups excluding carboxylic acids is 1. The Morgan fingerprint density at radius 3 is 2.42 bits per heavy atom. The van der Waals surface area contributed by atoms with Gasteiger partial charge in [-0.2, -0.15) is 10.5 Å². The third-order valence-corrected chi connectivity index (χ3v) is 3.51. The third kappa shape index (κ3) is 3.05. The Bertz CT molecular complexity index is 565. The van der Waals surface area contributed by atoms with E-state index >= 15 is 0 Å². The fourth-order valence-corrected chi connectivity index (χ4v) is 1.94. The topological polar surface area (TPSA) is 76.7 Å². The SMILES string of the molecule is CCC(C#N)(CC)C(=O)Nc1ccc(C#N)cc1Cl. The molecule has 0 fully saturated rings. The first-order valence-electron chi connectivity index (χ1n) is 5.95. The highest BCUT2D eigenvalue weighted by Crippen LogP contribution is 2.29. The summed E-state index contributed by atoms with van der Waals surface area (Å²) < 4.78 is 0. The molecule has 0 saturated carbocycles. The Hall–Kier alpha value is -2.04. The molecule has 1 rings (SSSR count). The number of rotatable bonds is 4. The molecule has 4 nitrogen and oxygen atoms in total. The van der Waals surface area contributed by atoms with Crippen molar-refractivity contribution in [3.8, 4) is 12.1 Å². The van der Waals surface area contributed by atoms with Crippen LogP contribution < -0.4 is 5.32 Å². The zero-order valence-corrected chi connectivity index (χ0v) is 11.6. The van der Waals surface area contributed by atoms with Crippen molar-refractivity contribution in [2.24, 2.45) is 5.41 Å². The molecule has 1 aromatic carbocycles. The van der Waals surface area contributed by atoms with Gasteiger partial charge in [-0.15, -0.1) is 0 Å². The standard InChI is InChI=1S/C14H14ClN3O/c1-3-14(4-2,9-17)13(19)18-12-6-5-10(8-16)7-11(12)15/h5-7H,3-4H2,1-2H3,(H,18,19). The van der Waals surface area contributed by atoms with Crippen molar-refractivity contribution in [1.82, 2.24) is 0 Å². The summed E-state index contributed by atoms with van der Waals surface area (Å²) in [5, 5.41) is 20.9. The lowest BCUT2D eigenvalue weighted by Gasteiger charge is -2.22. The van der Waals surface area contributed by atoms with Gasteiger partial charge in [-0.1, -0.05) is 25.4 Å². The highest BCUT2D eigenvalue weighted by Gasteiger charge is 2.35. The highest BCUT2D eigenvalue weighted by molar-refractivity contribution is 6.33. The van der Waals surface area contributed by atoms with Crippen LogP contribution in [0.15, 0.2) is 18.2 Å². The van der Waals surface area contributed by atoms with Crippen LogP contribution in [0.1, 0.15) is 32.3 Å². The van der Waals surface area contributed by atoms with E-state index in [1.807, 2.05) is 6.07 Å². The van der Waals surface area contributed by atoms with E-state index in [-0.39, 0.29) is 10.9 Å². The van der Waals surface area contributed by atoms with Gasteiger partial charge in [0.15, 0.2) is 0 Å². The molecule has 19 heavy (non-hydrogen) atoms. The number of hydrogen-bond acceptors (Lipinski definition) is 3. The monoisotopic (exact) mass is 275 g/mol. The maximum Gasteiger partial charge on any atom is 0.244 e. The van der Waals surface area contributed by atoms with Gasteiger partial charge in [0.1, 0.15) is 5.41 Å². The van der Waals surface area contributed by atoms with Gasteiger partial charge in [0.05, 0.1) is 28.4 Å². The summed E-state index contributed by atoms with van der Waals surface area (Å²) in [6, 6.07) is 8.63. The number of anilines is 1. The van der Waals surface area contributed by atoms with Gasteiger partial charge in [0.2, 0.25) is 5.91 Å². The Labute approximate surface area is 117 Å². The summed E-state index contributed by atoms with van der Waals surface area (Å²) in [5.74, 6) is -0.369. The Morgan fingerprint density at radius 1 is 1.37 bits per heavy atom. The molecule has 0 atom stereocenters. The molecule has 0 spiro atoms. The summed E-state index contributed by atoms with van der Waals surface area (Å²) in [5.41, 5.74) is -0.218. The number of nitriles is 2. The molecule has 0 heterocycles. The van der Waals surface area contributed by atoms with Crippen LogP contribution in [0.4, 0.5) is 5.69 Å². The predicted octanol–water partition coefficient (Wildman–Crippen LogP) is 3.48. The molecule has 0 unspecified atom stereocenters. The summed E-state index contributed by atoms with van der Waals surface area (Å²) >= 11 is 5.98. The lowest BCUT2D eigenvalue weighted by Crippen LogP contribution is -2.34. The number of benzene rings is 1. The van der Waals surface area contributed by atoms with Crippen LogP contribution in [0.2, 0.25) is 5.02 Å². The summed E-state index contributed by atoms with van der Waals surface area (Å²) in [6.45, 7) is 3.60. The molecule has 0 aliphatic heterocycles. The fourth-order valence-electron chi connectivity index (χ4n) is 1.71. The maximum absolute atomic E-state index is 12.2. The summed E-state index contributed by atoms with van der Waals surface area (Å²) in [6.07, 6.45) is 0.861. The van der Waals surface area contributed by atoms with E-state index in [1.165, 1.54) is 6.07 Å². The number of nitrogens with zero attached hydrogens (tertiary/aromatic N) is 2. The van der Waals surface area contributed by atoms with Crippen LogP contribution in [-0.2, 0) is 4.79 Å². The number of halogens is 1. The molecular weight excluding hydrogens is 262 g/mol. The number of carbonyl (C=O) groups is 1. The van der Waals surface area contributed by atoms with Gasteiger partial charge in [0.25, 0.3) is 0 Å². The minimum absolute atomic E-state index is 0.284. The number of hydrogen-bond donors (Lipinski definition) is 1. The van der Waals surface area contributed by atoms with Gasteiger partial charge in [0, 0.05) is 0 Å². The molecular formula is C14H14ClN3O. The van der Waals surface area contributed by atoms with Crippen LogP contribution in [0.3, 0.4) is 0 Å². The lowest BCUT2D eigenvalue weighted by atomic mass is 9.83. The summed E-state index contributed by atoms with van der Waals surface area (Å²) in [7, 11) is 0. The van der Waals surface area contributed by atoms with Gasteiger partial charge in [-0.3, -0.25) is 4.79 Å². The average Bonchev–Trinajstić information content (AvgIpc) is 2.43. The van der Waals surface area contributed by atoms with E-state index in [0.717, 1.165) is 0 Å². The van der Waals surface area contributed by atoms with Crippen molar-refractivity contribution < 1.29 is 4.79 Å². The molecule has 0 bridgehead atoms. The van der Waals surface area contributed by atoms with E-state index in [9.17, 15) is 10.1 Å². The van der Waals surface area contributed by atoms with Gasteiger partial charge < -0.3 is 5.32 Å². The van der Waals surface area contributed by atoms with Gasteiger partial charge in [-0.05, 0) is 31.0 Å². The molecule has 0 aliphatic rings. The van der Waals surface area contributed by atoms with E-state index in [2.05, 4.69) is 11.4 Å². The minimum Gasteiger partial charge on any atom is -0.323 e. The number of nitrogens with one attached hydrogen (secondary N) is 1. The van der Waals surface area contributed by atoms with E-state index in [0.29, 0.717) is 24.1 Å². The van der Waals surface area contributed by atoms with Gasteiger partial charge >= 0.3 is 0 Å². The second kappa shape index (κ2) is 6.22. The largest absolute Gasteiger partial charge is 0.323 e. The first-order chi connectivity index (χ1) is 9.02. The number of amides is 1. The molecule has 98 valence electrons. The first kappa shape index (κ1) is 15.0. The Kier molecular flexibility index (Phi) is 4.92. The molecule has 5 heteroatoms. The van der Waals surface area contributed by atoms with Crippen molar-refractivity contribution in [3.63, 3.8) is 0 Å².